The van der Waals surface area contributed by atoms with Gasteiger partial charge in [0.15, 0.2) is 0 Å². The van der Waals surface area contributed by atoms with Gasteiger partial charge in [0.25, 0.3) is 5.69 Å². The molecular weight excluding hydrogens is 392 g/mol. The first-order valence-electron chi connectivity index (χ1n) is 9.59. The van der Waals surface area contributed by atoms with Crippen LogP contribution in [0.3, 0.4) is 0 Å². The van der Waals surface area contributed by atoms with E-state index in [0.29, 0.717) is 5.71 Å². The van der Waals surface area contributed by atoms with Crippen molar-refractivity contribution >= 4 is 28.9 Å². The highest BCUT2D eigenvalue weighted by atomic mass is 35.5. The highest BCUT2D eigenvalue weighted by Gasteiger charge is 2.27. The van der Waals surface area contributed by atoms with Crippen LogP contribution in [0.1, 0.15) is 30.9 Å². The molecule has 1 aliphatic rings. The number of halogens is 1. The fraction of sp³-hybridized carbons (Fsp3) is 0.333. The molecule has 0 unspecified atom stereocenters. The molecule has 7 nitrogen and oxygen atoms in total. The molecule has 1 fully saturated rings. The maximum absolute atomic E-state index is 12.4. The first-order chi connectivity index (χ1) is 13.9. The minimum absolute atomic E-state index is 0.0263. The SMILES string of the molecule is C/C(=N\NC(=O)C1CC[NH+](Cc2ccc(Cl)cc2)CC1)c1ccc([N+](=O)[O-])cc1. The van der Waals surface area contributed by atoms with Gasteiger partial charge >= 0.3 is 0 Å². The van der Waals surface area contributed by atoms with Gasteiger partial charge < -0.3 is 4.90 Å². The number of amides is 1. The Labute approximate surface area is 174 Å². The summed E-state index contributed by atoms with van der Waals surface area (Å²) in [6.45, 7) is 4.57. The average molecular weight is 416 g/mol. The Morgan fingerprint density at radius 2 is 1.79 bits per heavy atom. The number of nitrogens with one attached hydrogen (secondary N) is 2. The maximum Gasteiger partial charge on any atom is 0.269 e. The molecule has 2 N–H and O–H groups in total. The number of quaternary nitrogens is 1. The molecule has 1 amide bonds. The van der Waals surface area contributed by atoms with Crippen molar-refractivity contribution < 1.29 is 14.6 Å². The molecule has 0 bridgehead atoms. The lowest BCUT2D eigenvalue weighted by atomic mass is 9.96. The van der Waals surface area contributed by atoms with Gasteiger partial charge in [0.2, 0.25) is 5.91 Å². The molecule has 0 atom stereocenters. The number of benzene rings is 2. The molecule has 2 aromatic rings. The van der Waals surface area contributed by atoms with E-state index in [1.165, 1.54) is 22.6 Å². The third-order valence-electron chi connectivity index (χ3n) is 5.26. The number of carbonyl (C=O) groups excluding carboxylic acids is 1. The third kappa shape index (κ3) is 5.85. The van der Waals surface area contributed by atoms with Crippen LogP contribution in [0.15, 0.2) is 53.6 Å². The highest BCUT2D eigenvalue weighted by Crippen LogP contribution is 2.14. The Bertz CT molecular complexity index is 889. The quantitative estimate of drug-likeness (QED) is 0.431. The summed E-state index contributed by atoms with van der Waals surface area (Å²) in [6.07, 6.45) is 1.64. The summed E-state index contributed by atoms with van der Waals surface area (Å²) in [6, 6.07) is 14.0. The molecule has 1 aliphatic heterocycles. The number of hydrogen-bond acceptors (Lipinski definition) is 4. The standard InChI is InChI=1S/C21H23ClN4O3/c1-15(17-4-8-20(9-5-17)26(28)29)23-24-21(27)18-10-12-25(13-11-18)14-16-2-6-19(22)7-3-16/h2-9,18H,10-14H2,1H3,(H,24,27)/p+1/b23-15+. The van der Waals surface area contributed by atoms with Crippen molar-refractivity contribution in [2.75, 3.05) is 13.1 Å². The summed E-state index contributed by atoms with van der Waals surface area (Å²) in [5.74, 6) is -0.116. The first-order valence-corrected chi connectivity index (χ1v) is 9.97. The van der Waals surface area contributed by atoms with E-state index in [-0.39, 0.29) is 17.5 Å². The van der Waals surface area contributed by atoms with Crippen LogP contribution in [0.4, 0.5) is 5.69 Å². The van der Waals surface area contributed by atoms with Crippen molar-refractivity contribution in [3.63, 3.8) is 0 Å². The lowest BCUT2D eigenvalue weighted by Gasteiger charge is -2.28. The van der Waals surface area contributed by atoms with Crippen molar-refractivity contribution in [2.45, 2.75) is 26.3 Å². The molecule has 29 heavy (non-hydrogen) atoms. The van der Waals surface area contributed by atoms with Gasteiger partial charge in [-0.15, -0.1) is 0 Å². The van der Waals surface area contributed by atoms with E-state index in [1.54, 1.807) is 19.1 Å². The van der Waals surface area contributed by atoms with Crippen molar-refractivity contribution in [3.05, 3.63) is 74.8 Å². The number of nitro groups is 1. The van der Waals surface area contributed by atoms with E-state index < -0.39 is 4.92 Å². The van der Waals surface area contributed by atoms with Gasteiger partial charge in [0.05, 0.1) is 29.6 Å². The van der Waals surface area contributed by atoms with E-state index in [4.69, 9.17) is 11.6 Å². The number of rotatable bonds is 6. The monoisotopic (exact) mass is 415 g/mol. The average Bonchev–Trinajstić information content (AvgIpc) is 2.74. The Kier molecular flexibility index (Phi) is 6.95. The second-order valence-corrected chi connectivity index (χ2v) is 7.74. The molecule has 8 heteroatoms. The molecule has 0 aliphatic carbocycles. The number of carbonyl (C=O) groups is 1. The van der Waals surface area contributed by atoms with Crippen LogP contribution < -0.4 is 10.3 Å². The van der Waals surface area contributed by atoms with Gasteiger partial charge in [0.1, 0.15) is 6.54 Å². The number of likely N-dealkylation sites (tertiary alicyclic amines) is 1. The second kappa shape index (κ2) is 9.62. The molecule has 0 saturated carbocycles. The zero-order valence-electron chi connectivity index (χ0n) is 16.2. The summed E-state index contributed by atoms with van der Waals surface area (Å²) >= 11 is 5.93. The van der Waals surface area contributed by atoms with Crippen molar-refractivity contribution in [3.8, 4) is 0 Å². The van der Waals surface area contributed by atoms with Crippen LogP contribution in [0, 0.1) is 16.0 Å². The molecule has 152 valence electrons. The number of non-ortho nitro benzene ring substituents is 1. The van der Waals surface area contributed by atoms with Crippen molar-refractivity contribution in [2.24, 2.45) is 11.0 Å². The van der Waals surface area contributed by atoms with Crippen LogP contribution in [0.25, 0.3) is 0 Å². The van der Waals surface area contributed by atoms with Gasteiger partial charge in [0, 0.05) is 35.6 Å². The fourth-order valence-corrected chi connectivity index (χ4v) is 3.60. The normalized spacial score (nSPS) is 19.6. The predicted molar refractivity (Wildman–Crippen MR) is 112 cm³/mol. The largest absolute Gasteiger partial charge is 0.331 e. The Morgan fingerprint density at radius 1 is 1.17 bits per heavy atom. The molecular formula is C21H24ClN4O3+. The number of nitrogens with zero attached hydrogens (tertiary/aromatic N) is 2. The third-order valence-corrected chi connectivity index (χ3v) is 5.51. The van der Waals surface area contributed by atoms with Gasteiger partial charge in [-0.05, 0) is 36.8 Å². The Hall–Kier alpha value is -2.77. The fourth-order valence-electron chi connectivity index (χ4n) is 3.48. The van der Waals surface area contributed by atoms with Crippen LogP contribution in [0.5, 0.6) is 0 Å². The zero-order chi connectivity index (χ0) is 20.8. The molecule has 1 saturated heterocycles. The second-order valence-electron chi connectivity index (χ2n) is 7.30. The van der Waals surface area contributed by atoms with Gasteiger partial charge in [-0.2, -0.15) is 5.10 Å². The van der Waals surface area contributed by atoms with Crippen LogP contribution in [0.2, 0.25) is 5.02 Å². The molecule has 2 aromatic carbocycles. The number of hydrogen-bond donors (Lipinski definition) is 2. The summed E-state index contributed by atoms with van der Waals surface area (Å²) < 4.78 is 0. The smallest absolute Gasteiger partial charge is 0.269 e. The molecule has 0 aromatic heterocycles. The molecule has 3 rings (SSSR count). The Balaban J connectivity index is 1.48. The maximum atomic E-state index is 12.4. The molecule has 0 spiro atoms. The van der Waals surface area contributed by atoms with Gasteiger partial charge in [-0.25, -0.2) is 5.43 Å². The summed E-state index contributed by atoms with van der Waals surface area (Å²) in [7, 11) is 0. The van der Waals surface area contributed by atoms with Crippen LogP contribution in [-0.4, -0.2) is 29.6 Å². The predicted octanol–water partition coefficient (Wildman–Crippen LogP) is 2.58. The minimum atomic E-state index is -0.445. The highest BCUT2D eigenvalue weighted by molar-refractivity contribution is 6.30. The molecule has 0 radical (unpaired) electrons. The van der Waals surface area contributed by atoms with E-state index >= 15 is 0 Å². The van der Waals surface area contributed by atoms with E-state index in [9.17, 15) is 14.9 Å². The van der Waals surface area contributed by atoms with Crippen molar-refractivity contribution in [1.82, 2.24) is 5.43 Å². The summed E-state index contributed by atoms with van der Waals surface area (Å²) in [4.78, 5) is 24.2. The first kappa shape index (κ1) is 21.0. The minimum Gasteiger partial charge on any atom is -0.331 e. The van der Waals surface area contributed by atoms with E-state index in [0.717, 1.165) is 43.1 Å². The number of hydrazone groups is 1. The van der Waals surface area contributed by atoms with E-state index in [2.05, 4.69) is 10.5 Å². The number of nitro benzene ring substituents is 1. The van der Waals surface area contributed by atoms with Crippen LogP contribution >= 0.6 is 11.6 Å². The Morgan fingerprint density at radius 3 is 2.38 bits per heavy atom. The topological polar surface area (TPSA) is 89.0 Å². The van der Waals surface area contributed by atoms with Gasteiger partial charge in [-0.3, -0.25) is 14.9 Å². The summed E-state index contributed by atoms with van der Waals surface area (Å²) in [5.41, 5.74) is 5.27. The summed E-state index contributed by atoms with van der Waals surface area (Å²) in [5, 5.41) is 15.6. The lowest BCUT2D eigenvalue weighted by molar-refractivity contribution is -0.919. The number of piperidine rings is 1. The van der Waals surface area contributed by atoms with Crippen LogP contribution in [-0.2, 0) is 11.3 Å². The molecule has 1 heterocycles. The van der Waals surface area contributed by atoms with Gasteiger partial charge in [-0.1, -0.05) is 23.7 Å². The van der Waals surface area contributed by atoms with E-state index in [1.807, 2.05) is 24.3 Å². The lowest BCUT2D eigenvalue weighted by Crippen LogP contribution is -3.11. The van der Waals surface area contributed by atoms with Crippen molar-refractivity contribution in [1.29, 1.82) is 0 Å². The zero-order valence-corrected chi connectivity index (χ0v) is 17.0.